The zero-order valence-corrected chi connectivity index (χ0v) is 12.8. The quantitative estimate of drug-likeness (QED) is 0.577. The lowest BCUT2D eigenvalue weighted by Crippen LogP contribution is -2.18. The van der Waals surface area contributed by atoms with Crippen molar-refractivity contribution >= 4 is 23.0 Å². The number of hydrogen-bond donors (Lipinski definition) is 1. The smallest absolute Gasteiger partial charge is 0.267 e. The molecule has 0 bridgehead atoms. The Morgan fingerprint density at radius 2 is 1.76 bits per heavy atom. The minimum atomic E-state index is -4.43. The van der Waals surface area contributed by atoms with Crippen molar-refractivity contribution in [3.8, 4) is 0 Å². The van der Waals surface area contributed by atoms with Crippen molar-refractivity contribution < 1.29 is 18.0 Å². The van der Waals surface area contributed by atoms with Crippen LogP contribution in [0.25, 0.3) is 10.9 Å². The highest BCUT2D eigenvalue weighted by Crippen LogP contribution is 2.29. The molecule has 4 nitrogen and oxygen atoms in total. The van der Waals surface area contributed by atoms with Gasteiger partial charge in [-0.1, -0.05) is 18.2 Å². The maximum atomic E-state index is 12.5. The second-order valence-corrected chi connectivity index (χ2v) is 5.19. The van der Waals surface area contributed by atoms with E-state index in [1.54, 1.807) is 12.3 Å². The van der Waals surface area contributed by atoms with Crippen molar-refractivity contribution in [2.24, 2.45) is 5.10 Å². The molecule has 1 heterocycles. The maximum absolute atomic E-state index is 12.5. The molecule has 0 aliphatic rings. The summed E-state index contributed by atoms with van der Waals surface area (Å²) in [4.78, 5) is 16.2. The van der Waals surface area contributed by atoms with E-state index in [4.69, 9.17) is 0 Å². The van der Waals surface area contributed by atoms with Crippen LogP contribution in [-0.4, -0.2) is 17.1 Å². The Morgan fingerprint density at radius 1 is 1.04 bits per heavy atom. The van der Waals surface area contributed by atoms with Crippen LogP contribution in [0.15, 0.2) is 65.9 Å². The van der Waals surface area contributed by atoms with Crippen molar-refractivity contribution in [2.45, 2.75) is 6.18 Å². The fourth-order valence-corrected chi connectivity index (χ4v) is 2.27. The summed E-state index contributed by atoms with van der Waals surface area (Å²) < 4.78 is 37.5. The molecule has 25 heavy (non-hydrogen) atoms. The fraction of sp³-hybridized carbons (Fsp3) is 0.0556. The van der Waals surface area contributed by atoms with Crippen molar-refractivity contribution in [1.82, 2.24) is 10.4 Å². The third-order valence-electron chi connectivity index (χ3n) is 3.53. The fourth-order valence-electron chi connectivity index (χ4n) is 2.27. The SMILES string of the molecule is O=C(N/N=C/c1ccnc2ccccc12)c1ccc(C(F)(F)F)cc1. The van der Waals surface area contributed by atoms with Crippen LogP contribution in [0.5, 0.6) is 0 Å². The second kappa shape index (κ2) is 6.72. The third-order valence-corrected chi connectivity index (χ3v) is 3.53. The van der Waals surface area contributed by atoms with Crippen LogP contribution in [0, 0.1) is 0 Å². The standard InChI is InChI=1S/C18H12F3N3O/c19-18(20,21)14-7-5-12(6-8-14)17(25)24-23-11-13-9-10-22-16-4-2-1-3-15(13)16/h1-11H,(H,24,25)/b23-11+. The molecule has 0 aliphatic carbocycles. The number of pyridine rings is 1. The van der Waals surface area contributed by atoms with Gasteiger partial charge in [-0.3, -0.25) is 9.78 Å². The van der Waals surface area contributed by atoms with E-state index in [1.807, 2.05) is 24.3 Å². The van der Waals surface area contributed by atoms with E-state index in [9.17, 15) is 18.0 Å². The van der Waals surface area contributed by atoms with E-state index in [2.05, 4.69) is 15.5 Å². The van der Waals surface area contributed by atoms with Crippen LogP contribution < -0.4 is 5.43 Å². The van der Waals surface area contributed by atoms with Gasteiger partial charge in [0.1, 0.15) is 0 Å². The predicted molar refractivity (Wildman–Crippen MR) is 88.2 cm³/mol. The summed E-state index contributed by atoms with van der Waals surface area (Å²) >= 11 is 0. The van der Waals surface area contributed by atoms with Crippen molar-refractivity contribution in [2.75, 3.05) is 0 Å². The molecule has 0 saturated carbocycles. The summed E-state index contributed by atoms with van der Waals surface area (Å²) in [5.74, 6) is -0.594. The minimum absolute atomic E-state index is 0.0877. The summed E-state index contributed by atoms with van der Waals surface area (Å²) in [5, 5.41) is 4.74. The number of carbonyl (C=O) groups is 1. The zero-order chi connectivity index (χ0) is 17.9. The van der Waals surface area contributed by atoms with E-state index in [0.29, 0.717) is 0 Å². The number of aromatic nitrogens is 1. The molecular weight excluding hydrogens is 331 g/mol. The monoisotopic (exact) mass is 343 g/mol. The van der Waals surface area contributed by atoms with E-state index >= 15 is 0 Å². The molecule has 0 radical (unpaired) electrons. The number of amides is 1. The Morgan fingerprint density at radius 3 is 2.48 bits per heavy atom. The first-order valence-electron chi connectivity index (χ1n) is 7.29. The van der Waals surface area contributed by atoms with Crippen LogP contribution in [0.3, 0.4) is 0 Å². The maximum Gasteiger partial charge on any atom is 0.416 e. The Balaban J connectivity index is 1.72. The average Bonchev–Trinajstić information content (AvgIpc) is 2.61. The van der Waals surface area contributed by atoms with Gasteiger partial charge in [-0.15, -0.1) is 0 Å². The van der Waals surface area contributed by atoms with Gasteiger partial charge in [-0.25, -0.2) is 5.43 Å². The minimum Gasteiger partial charge on any atom is -0.267 e. The first-order chi connectivity index (χ1) is 11.9. The first-order valence-corrected chi connectivity index (χ1v) is 7.29. The van der Waals surface area contributed by atoms with Gasteiger partial charge < -0.3 is 0 Å². The molecule has 1 amide bonds. The summed E-state index contributed by atoms with van der Waals surface area (Å²) in [6.45, 7) is 0. The molecular formula is C18H12F3N3O. The Hall–Kier alpha value is -3.22. The second-order valence-electron chi connectivity index (χ2n) is 5.19. The number of rotatable bonds is 3. The lowest BCUT2D eigenvalue weighted by Gasteiger charge is -2.06. The normalized spacial score (nSPS) is 11.8. The van der Waals surface area contributed by atoms with Crippen LogP contribution in [0.4, 0.5) is 13.2 Å². The molecule has 3 aromatic rings. The van der Waals surface area contributed by atoms with E-state index in [1.165, 1.54) is 6.21 Å². The number of para-hydroxylation sites is 1. The van der Waals surface area contributed by atoms with Crippen molar-refractivity contribution in [3.05, 3.63) is 77.5 Å². The average molecular weight is 343 g/mol. The molecule has 0 atom stereocenters. The van der Waals surface area contributed by atoms with Gasteiger partial charge in [0, 0.05) is 22.7 Å². The summed E-state index contributed by atoms with van der Waals surface area (Å²) in [5.41, 5.74) is 3.13. The summed E-state index contributed by atoms with van der Waals surface area (Å²) in [6, 6.07) is 13.1. The molecule has 0 saturated heterocycles. The Bertz CT molecular complexity index is 929. The number of nitrogens with one attached hydrogen (secondary N) is 1. The van der Waals surface area contributed by atoms with E-state index < -0.39 is 17.6 Å². The summed E-state index contributed by atoms with van der Waals surface area (Å²) in [7, 11) is 0. The lowest BCUT2D eigenvalue weighted by atomic mass is 10.1. The van der Waals surface area contributed by atoms with Crippen molar-refractivity contribution in [1.29, 1.82) is 0 Å². The van der Waals surface area contributed by atoms with Gasteiger partial charge in [-0.05, 0) is 36.4 Å². The Labute approximate surface area is 141 Å². The third kappa shape index (κ3) is 3.82. The molecule has 0 aliphatic heterocycles. The van der Waals surface area contributed by atoms with Gasteiger partial charge in [0.2, 0.25) is 0 Å². The highest BCUT2D eigenvalue weighted by Gasteiger charge is 2.30. The van der Waals surface area contributed by atoms with Crippen LogP contribution in [0.1, 0.15) is 21.5 Å². The number of fused-ring (bicyclic) bond motifs is 1. The van der Waals surface area contributed by atoms with Crippen LogP contribution in [0.2, 0.25) is 0 Å². The van der Waals surface area contributed by atoms with Gasteiger partial charge in [-0.2, -0.15) is 18.3 Å². The molecule has 0 fully saturated rings. The summed E-state index contributed by atoms with van der Waals surface area (Å²) in [6.07, 6.45) is -1.34. The number of hydrogen-bond acceptors (Lipinski definition) is 3. The van der Waals surface area contributed by atoms with Gasteiger partial charge in [0.25, 0.3) is 5.91 Å². The number of carbonyl (C=O) groups excluding carboxylic acids is 1. The topological polar surface area (TPSA) is 54.4 Å². The molecule has 0 unspecified atom stereocenters. The van der Waals surface area contributed by atoms with Gasteiger partial charge in [0.15, 0.2) is 0 Å². The molecule has 0 spiro atoms. The molecule has 1 N–H and O–H groups in total. The molecule has 2 aromatic carbocycles. The number of halogens is 3. The highest BCUT2D eigenvalue weighted by atomic mass is 19.4. The molecule has 7 heteroatoms. The molecule has 126 valence electrons. The van der Waals surface area contributed by atoms with Crippen LogP contribution >= 0.6 is 0 Å². The van der Waals surface area contributed by atoms with E-state index in [-0.39, 0.29) is 5.56 Å². The number of hydrazone groups is 1. The molecule has 1 aromatic heterocycles. The van der Waals surface area contributed by atoms with Crippen molar-refractivity contribution in [3.63, 3.8) is 0 Å². The first kappa shape index (κ1) is 16.6. The zero-order valence-electron chi connectivity index (χ0n) is 12.8. The van der Waals surface area contributed by atoms with E-state index in [0.717, 1.165) is 40.7 Å². The lowest BCUT2D eigenvalue weighted by molar-refractivity contribution is -0.137. The molecule has 3 rings (SSSR count). The van der Waals surface area contributed by atoms with Gasteiger partial charge >= 0.3 is 6.18 Å². The highest BCUT2D eigenvalue weighted by molar-refractivity contribution is 5.99. The largest absolute Gasteiger partial charge is 0.416 e. The number of benzene rings is 2. The number of alkyl halides is 3. The van der Waals surface area contributed by atoms with Gasteiger partial charge in [0.05, 0.1) is 17.3 Å². The predicted octanol–water partition coefficient (Wildman–Crippen LogP) is 4.02. The number of nitrogens with zero attached hydrogens (tertiary/aromatic N) is 2. The van der Waals surface area contributed by atoms with Crippen LogP contribution in [-0.2, 0) is 6.18 Å². The Kier molecular flexibility index (Phi) is 4.47.